The molecule has 1 aromatic carbocycles. The zero-order valence-electron chi connectivity index (χ0n) is 14.8. The van der Waals surface area contributed by atoms with Gasteiger partial charge in [-0.3, -0.25) is 4.79 Å². The van der Waals surface area contributed by atoms with Crippen molar-refractivity contribution in [3.63, 3.8) is 0 Å². The minimum Gasteiger partial charge on any atom is -0.466 e. The van der Waals surface area contributed by atoms with Gasteiger partial charge in [0.2, 0.25) is 0 Å². The molecule has 0 bridgehead atoms. The minimum absolute atomic E-state index is 0.0421. The van der Waals surface area contributed by atoms with Crippen LogP contribution in [0, 0.1) is 0 Å². The maximum atomic E-state index is 11.6. The van der Waals surface area contributed by atoms with Gasteiger partial charge in [0.15, 0.2) is 0 Å². The summed E-state index contributed by atoms with van der Waals surface area (Å²) in [6, 6.07) is 8.80. The lowest BCUT2D eigenvalue weighted by atomic mass is 9.86. The van der Waals surface area contributed by atoms with Crippen LogP contribution in [0.5, 0.6) is 0 Å². The monoisotopic (exact) mass is 304 g/mol. The van der Waals surface area contributed by atoms with Crippen LogP contribution in [0.3, 0.4) is 0 Å². The summed E-state index contributed by atoms with van der Waals surface area (Å²) < 4.78 is 5.22. The molecular formula is C20H32O2. The normalized spacial score (nSPS) is 11.5. The predicted molar refractivity (Wildman–Crippen MR) is 93.2 cm³/mol. The molecule has 124 valence electrons. The number of rotatable bonds is 9. The Hall–Kier alpha value is -1.31. The van der Waals surface area contributed by atoms with Crippen LogP contribution >= 0.6 is 0 Å². The second kappa shape index (κ2) is 9.66. The second-order valence-corrected chi connectivity index (χ2v) is 7.09. The van der Waals surface area contributed by atoms with Crippen molar-refractivity contribution >= 4 is 5.97 Å². The molecule has 0 amide bonds. The number of benzene rings is 1. The molecule has 0 fully saturated rings. The van der Waals surface area contributed by atoms with Crippen molar-refractivity contribution in [2.45, 2.75) is 78.1 Å². The fraction of sp³-hybridized carbons (Fsp3) is 0.650. The SMILES string of the molecule is CCCCCOC(=O)CCCCc1cccc(C(C)(C)C)c1. The molecular weight excluding hydrogens is 272 g/mol. The molecule has 2 heteroatoms. The average Bonchev–Trinajstić information content (AvgIpc) is 2.48. The Bertz CT molecular complexity index is 443. The zero-order valence-corrected chi connectivity index (χ0v) is 14.8. The summed E-state index contributed by atoms with van der Waals surface area (Å²) in [5, 5.41) is 0. The number of hydrogen-bond acceptors (Lipinski definition) is 2. The summed E-state index contributed by atoms with van der Waals surface area (Å²) in [7, 11) is 0. The van der Waals surface area contributed by atoms with E-state index in [9.17, 15) is 4.79 Å². The third kappa shape index (κ3) is 7.63. The van der Waals surface area contributed by atoms with E-state index < -0.39 is 0 Å². The first-order chi connectivity index (χ1) is 10.4. The van der Waals surface area contributed by atoms with Crippen molar-refractivity contribution in [3.05, 3.63) is 35.4 Å². The summed E-state index contributed by atoms with van der Waals surface area (Å²) in [4.78, 5) is 11.6. The van der Waals surface area contributed by atoms with Crippen molar-refractivity contribution < 1.29 is 9.53 Å². The van der Waals surface area contributed by atoms with Gasteiger partial charge >= 0.3 is 5.97 Å². The van der Waals surface area contributed by atoms with Crippen molar-refractivity contribution in [3.8, 4) is 0 Å². The first kappa shape index (κ1) is 18.7. The van der Waals surface area contributed by atoms with E-state index in [0.29, 0.717) is 13.0 Å². The molecule has 0 aliphatic carbocycles. The number of hydrogen-bond donors (Lipinski definition) is 0. The van der Waals surface area contributed by atoms with Crippen molar-refractivity contribution in [1.29, 1.82) is 0 Å². The van der Waals surface area contributed by atoms with E-state index in [4.69, 9.17) is 4.74 Å². The van der Waals surface area contributed by atoms with Crippen LogP contribution in [0.25, 0.3) is 0 Å². The molecule has 0 radical (unpaired) electrons. The molecule has 0 spiro atoms. The summed E-state index contributed by atoms with van der Waals surface area (Å²) in [5.74, 6) is -0.0421. The van der Waals surface area contributed by atoms with E-state index in [1.807, 2.05) is 0 Å². The van der Waals surface area contributed by atoms with Crippen LogP contribution in [-0.4, -0.2) is 12.6 Å². The largest absolute Gasteiger partial charge is 0.466 e. The first-order valence-corrected chi connectivity index (χ1v) is 8.68. The second-order valence-electron chi connectivity index (χ2n) is 7.09. The van der Waals surface area contributed by atoms with Gasteiger partial charge in [0.1, 0.15) is 0 Å². The molecule has 22 heavy (non-hydrogen) atoms. The maximum Gasteiger partial charge on any atom is 0.305 e. The molecule has 1 rings (SSSR count). The number of esters is 1. The highest BCUT2D eigenvalue weighted by Crippen LogP contribution is 2.23. The van der Waals surface area contributed by atoms with E-state index in [1.165, 1.54) is 11.1 Å². The van der Waals surface area contributed by atoms with Crippen LogP contribution in [0.2, 0.25) is 0 Å². The van der Waals surface area contributed by atoms with E-state index >= 15 is 0 Å². The van der Waals surface area contributed by atoms with Gasteiger partial charge in [-0.1, -0.05) is 64.8 Å². The smallest absolute Gasteiger partial charge is 0.305 e. The van der Waals surface area contributed by atoms with Crippen LogP contribution in [0.1, 0.15) is 77.3 Å². The Morgan fingerprint density at radius 3 is 2.55 bits per heavy atom. The molecule has 0 saturated carbocycles. The van der Waals surface area contributed by atoms with Gasteiger partial charge in [-0.25, -0.2) is 0 Å². The topological polar surface area (TPSA) is 26.3 Å². The molecule has 1 aromatic rings. The summed E-state index contributed by atoms with van der Waals surface area (Å²) in [6.07, 6.45) is 6.81. The summed E-state index contributed by atoms with van der Waals surface area (Å²) >= 11 is 0. The maximum absolute atomic E-state index is 11.6. The van der Waals surface area contributed by atoms with Crippen molar-refractivity contribution in [2.75, 3.05) is 6.61 Å². The number of carbonyl (C=O) groups is 1. The first-order valence-electron chi connectivity index (χ1n) is 8.68. The van der Waals surface area contributed by atoms with E-state index in [2.05, 4.69) is 52.0 Å². The van der Waals surface area contributed by atoms with Gasteiger partial charge in [0.05, 0.1) is 6.61 Å². The van der Waals surface area contributed by atoms with Gasteiger partial charge in [-0.15, -0.1) is 0 Å². The molecule has 0 aliphatic heterocycles. The van der Waals surface area contributed by atoms with Gasteiger partial charge in [-0.2, -0.15) is 0 Å². The van der Waals surface area contributed by atoms with Gasteiger partial charge < -0.3 is 4.74 Å². The van der Waals surface area contributed by atoms with Crippen LogP contribution in [0.15, 0.2) is 24.3 Å². The fourth-order valence-corrected chi connectivity index (χ4v) is 2.40. The third-order valence-electron chi connectivity index (χ3n) is 3.90. The molecule has 0 saturated heterocycles. The number of aryl methyl sites for hydroxylation is 1. The quantitative estimate of drug-likeness (QED) is 0.449. The summed E-state index contributed by atoms with van der Waals surface area (Å²) in [5.41, 5.74) is 2.93. The number of unbranched alkanes of at least 4 members (excludes halogenated alkanes) is 3. The third-order valence-corrected chi connectivity index (χ3v) is 3.90. The van der Waals surface area contributed by atoms with E-state index in [0.717, 1.165) is 38.5 Å². The Labute approximate surface area is 136 Å². The fourth-order valence-electron chi connectivity index (χ4n) is 2.40. The number of carbonyl (C=O) groups excluding carboxylic acids is 1. The van der Waals surface area contributed by atoms with Crippen LogP contribution in [-0.2, 0) is 21.4 Å². The molecule has 0 unspecified atom stereocenters. The van der Waals surface area contributed by atoms with E-state index in [1.54, 1.807) is 0 Å². The highest BCUT2D eigenvalue weighted by atomic mass is 16.5. The number of ether oxygens (including phenoxy) is 1. The van der Waals surface area contributed by atoms with Gasteiger partial charge in [0, 0.05) is 6.42 Å². The minimum atomic E-state index is -0.0421. The molecule has 0 N–H and O–H groups in total. The van der Waals surface area contributed by atoms with Gasteiger partial charge in [-0.05, 0) is 42.2 Å². The molecule has 0 heterocycles. The molecule has 0 aliphatic rings. The predicted octanol–water partition coefficient (Wildman–Crippen LogP) is 5.43. The Morgan fingerprint density at radius 2 is 1.86 bits per heavy atom. The Balaban J connectivity index is 2.23. The Morgan fingerprint density at radius 1 is 1.09 bits per heavy atom. The van der Waals surface area contributed by atoms with Crippen LogP contribution < -0.4 is 0 Å². The van der Waals surface area contributed by atoms with Crippen molar-refractivity contribution in [1.82, 2.24) is 0 Å². The highest BCUT2D eigenvalue weighted by molar-refractivity contribution is 5.69. The molecule has 0 atom stereocenters. The average molecular weight is 304 g/mol. The van der Waals surface area contributed by atoms with Gasteiger partial charge in [0.25, 0.3) is 0 Å². The lowest BCUT2D eigenvalue weighted by Crippen LogP contribution is -2.11. The standard InChI is InChI=1S/C20H32O2/c1-5-6-9-15-22-19(21)14-8-7-11-17-12-10-13-18(16-17)20(2,3)4/h10,12-13,16H,5-9,11,14-15H2,1-4H3. The summed E-state index contributed by atoms with van der Waals surface area (Å²) in [6.45, 7) is 9.44. The zero-order chi connectivity index (χ0) is 16.4. The highest BCUT2D eigenvalue weighted by Gasteiger charge is 2.13. The van der Waals surface area contributed by atoms with Crippen LogP contribution in [0.4, 0.5) is 0 Å². The lowest BCUT2D eigenvalue weighted by Gasteiger charge is -2.19. The molecule has 0 aromatic heterocycles. The lowest BCUT2D eigenvalue weighted by molar-refractivity contribution is -0.143. The van der Waals surface area contributed by atoms with Crippen molar-refractivity contribution in [2.24, 2.45) is 0 Å². The molecule has 2 nitrogen and oxygen atoms in total. The van der Waals surface area contributed by atoms with E-state index in [-0.39, 0.29) is 11.4 Å². The Kier molecular flexibility index (Phi) is 8.22.